The Kier molecular flexibility index (Phi) is 5.33. The Morgan fingerprint density at radius 1 is 1.06 bits per heavy atom. The molecule has 0 saturated heterocycles. The second-order valence-corrected chi connectivity index (χ2v) is 7.58. The van der Waals surface area contributed by atoms with Crippen LogP contribution in [0.5, 0.6) is 0 Å². The van der Waals surface area contributed by atoms with Crippen LogP contribution in [-0.4, -0.2) is 23.0 Å². The molecule has 0 fully saturated rings. The van der Waals surface area contributed by atoms with Gasteiger partial charge in [0.1, 0.15) is 17.2 Å². The zero-order valence-electron chi connectivity index (χ0n) is 17.1. The minimum absolute atomic E-state index is 0.144. The number of hydrogen-bond acceptors (Lipinski definition) is 5. The molecule has 4 aromatic rings. The van der Waals surface area contributed by atoms with Gasteiger partial charge in [-0.05, 0) is 36.6 Å². The van der Waals surface area contributed by atoms with Gasteiger partial charge in [0, 0.05) is 23.3 Å². The molecule has 7 nitrogen and oxygen atoms in total. The number of carboxylic acid groups (broad SMARTS) is 1. The van der Waals surface area contributed by atoms with Gasteiger partial charge in [-0.15, -0.1) is 0 Å². The summed E-state index contributed by atoms with van der Waals surface area (Å²) in [5, 5.41) is 13.6. The molecule has 1 atom stereocenters. The van der Waals surface area contributed by atoms with Gasteiger partial charge in [0.15, 0.2) is 0 Å². The van der Waals surface area contributed by atoms with Crippen LogP contribution in [0.4, 0.5) is 0 Å². The Morgan fingerprint density at radius 3 is 2.52 bits per heavy atom. The molecular formula is C24H21NO6. The maximum atomic E-state index is 12.6. The molecule has 0 bridgehead atoms. The molecule has 7 heteroatoms. The first-order valence-electron chi connectivity index (χ1n) is 9.83. The van der Waals surface area contributed by atoms with Crippen LogP contribution < -0.4 is 10.9 Å². The quantitative estimate of drug-likeness (QED) is 0.463. The van der Waals surface area contributed by atoms with Crippen LogP contribution >= 0.6 is 0 Å². The van der Waals surface area contributed by atoms with Crippen molar-refractivity contribution >= 4 is 33.8 Å². The lowest BCUT2D eigenvalue weighted by Crippen LogP contribution is -2.43. The fourth-order valence-electron chi connectivity index (χ4n) is 3.70. The maximum absolute atomic E-state index is 12.6. The van der Waals surface area contributed by atoms with E-state index in [1.165, 1.54) is 0 Å². The lowest BCUT2D eigenvalue weighted by molar-refractivity contribution is -0.141. The minimum Gasteiger partial charge on any atom is -0.480 e. The van der Waals surface area contributed by atoms with Crippen molar-refractivity contribution in [2.45, 2.75) is 32.7 Å². The summed E-state index contributed by atoms with van der Waals surface area (Å²) in [6.07, 6.45) is 1.50. The Hall–Kier alpha value is -3.87. The number of nitrogens with one attached hydrogen (secondary N) is 1. The van der Waals surface area contributed by atoms with E-state index in [1.54, 1.807) is 43.5 Å². The van der Waals surface area contributed by atoms with E-state index in [1.807, 2.05) is 19.1 Å². The summed E-state index contributed by atoms with van der Waals surface area (Å²) in [7, 11) is 0. The minimum atomic E-state index is -1.14. The number of hydrogen-bond donors (Lipinski definition) is 2. The van der Waals surface area contributed by atoms with Crippen molar-refractivity contribution in [3.05, 3.63) is 81.4 Å². The van der Waals surface area contributed by atoms with Gasteiger partial charge in [0.25, 0.3) is 0 Å². The smallest absolute Gasteiger partial charge is 0.340 e. The highest BCUT2D eigenvalue weighted by molar-refractivity contribution is 5.96. The first-order valence-corrected chi connectivity index (χ1v) is 9.83. The predicted octanol–water partition coefficient (Wildman–Crippen LogP) is 3.51. The third-order valence-corrected chi connectivity index (χ3v) is 5.43. The highest BCUT2D eigenvalue weighted by atomic mass is 16.4. The summed E-state index contributed by atoms with van der Waals surface area (Å²) in [6, 6.07) is 11.5. The van der Waals surface area contributed by atoms with Crippen molar-refractivity contribution < 1.29 is 23.5 Å². The topological polar surface area (TPSA) is 110 Å². The predicted molar refractivity (Wildman–Crippen MR) is 115 cm³/mol. The standard InChI is InChI=1S/C24H21NO6/c1-13-12-30-20-11-21-17(9-16(13)20)14(2)18(24(29)31-21)10-22(26)25-19(23(27)28)8-15-6-4-3-5-7-15/h3-7,9,11-12,19H,8,10H2,1-2H3,(H,25,26)(H,27,28)/t19-/m0/s1. The van der Waals surface area contributed by atoms with Gasteiger partial charge in [0.2, 0.25) is 5.91 Å². The Bertz CT molecular complexity index is 1350. The zero-order valence-corrected chi connectivity index (χ0v) is 17.1. The van der Waals surface area contributed by atoms with E-state index in [4.69, 9.17) is 8.83 Å². The van der Waals surface area contributed by atoms with Crippen molar-refractivity contribution in [3.8, 4) is 0 Å². The van der Waals surface area contributed by atoms with Crippen LogP contribution in [0.2, 0.25) is 0 Å². The second kappa shape index (κ2) is 8.10. The summed E-state index contributed by atoms with van der Waals surface area (Å²) >= 11 is 0. The fraction of sp³-hybridized carbons (Fsp3) is 0.208. The molecule has 0 radical (unpaired) electrons. The SMILES string of the molecule is Cc1coc2cc3oc(=O)c(CC(=O)N[C@@H](Cc4ccccc4)C(=O)O)c(C)c3cc12. The zero-order chi connectivity index (χ0) is 22.1. The van der Waals surface area contributed by atoms with Gasteiger partial charge in [-0.25, -0.2) is 9.59 Å². The van der Waals surface area contributed by atoms with Crippen molar-refractivity contribution in [1.29, 1.82) is 0 Å². The third-order valence-electron chi connectivity index (χ3n) is 5.43. The summed E-state index contributed by atoms with van der Waals surface area (Å²) < 4.78 is 10.9. The number of aliphatic carboxylic acids is 1. The molecule has 2 N–H and O–H groups in total. The van der Waals surface area contributed by atoms with E-state index in [0.29, 0.717) is 22.1 Å². The fourth-order valence-corrected chi connectivity index (χ4v) is 3.70. The monoisotopic (exact) mass is 419 g/mol. The number of carbonyl (C=O) groups is 2. The van der Waals surface area contributed by atoms with Gasteiger partial charge >= 0.3 is 11.6 Å². The van der Waals surface area contributed by atoms with Crippen LogP contribution in [0.25, 0.3) is 21.9 Å². The molecule has 0 aliphatic heterocycles. The number of benzene rings is 2. The second-order valence-electron chi connectivity index (χ2n) is 7.58. The summed E-state index contributed by atoms with van der Waals surface area (Å²) in [4.78, 5) is 36.8. The van der Waals surface area contributed by atoms with Gasteiger partial charge in [-0.3, -0.25) is 4.79 Å². The molecule has 0 unspecified atom stereocenters. The first-order chi connectivity index (χ1) is 14.8. The van der Waals surface area contributed by atoms with Crippen LogP contribution in [-0.2, 0) is 22.4 Å². The summed E-state index contributed by atoms with van der Waals surface area (Å²) in [6.45, 7) is 3.67. The lowest BCUT2D eigenvalue weighted by Gasteiger charge is -2.15. The number of aryl methyl sites for hydroxylation is 2. The molecule has 0 saturated carbocycles. The highest BCUT2D eigenvalue weighted by Crippen LogP contribution is 2.28. The molecular weight excluding hydrogens is 398 g/mol. The van der Waals surface area contributed by atoms with E-state index >= 15 is 0 Å². The third kappa shape index (κ3) is 4.07. The molecule has 31 heavy (non-hydrogen) atoms. The average molecular weight is 419 g/mol. The van der Waals surface area contributed by atoms with E-state index in [2.05, 4.69) is 5.32 Å². The number of fused-ring (bicyclic) bond motifs is 2. The van der Waals surface area contributed by atoms with Gasteiger partial charge in [0.05, 0.1) is 18.2 Å². The molecule has 0 aliphatic carbocycles. The van der Waals surface area contributed by atoms with E-state index in [9.17, 15) is 19.5 Å². The van der Waals surface area contributed by atoms with Crippen LogP contribution in [0.15, 0.2) is 62.4 Å². The number of furan rings is 1. The number of amides is 1. The van der Waals surface area contributed by atoms with Gasteiger partial charge in [-0.2, -0.15) is 0 Å². The molecule has 158 valence electrons. The van der Waals surface area contributed by atoms with Gasteiger partial charge in [-0.1, -0.05) is 30.3 Å². The van der Waals surface area contributed by atoms with Crippen molar-refractivity contribution in [1.82, 2.24) is 5.32 Å². The van der Waals surface area contributed by atoms with Crippen molar-refractivity contribution in [2.75, 3.05) is 0 Å². The Morgan fingerprint density at radius 2 is 1.81 bits per heavy atom. The van der Waals surface area contributed by atoms with Crippen LogP contribution in [0.3, 0.4) is 0 Å². The summed E-state index contributed by atoms with van der Waals surface area (Å²) in [5.74, 6) is -1.70. The number of rotatable bonds is 6. The molecule has 2 heterocycles. The molecule has 4 rings (SSSR count). The van der Waals surface area contributed by atoms with E-state index in [0.717, 1.165) is 16.5 Å². The Labute approximate surface area is 177 Å². The summed E-state index contributed by atoms with van der Waals surface area (Å²) in [5.41, 5.74) is 2.93. The highest BCUT2D eigenvalue weighted by Gasteiger charge is 2.22. The van der Waals surface area contributed by atoms with Crippen molar-refractivity contribution in [3.63, 3.8) is 0 Å². The largest absolute Gasteiger partial charge is 0.480 e. The lowest BCUT2D eigenvalue weighted by atomic mass is 10.0. The molecule has 2 aromatic carbocycles. The van der Waals surface area contributed by atoms with Crippen LogP contribution in [0, 0.1) is 13.8 Å². The number of carbonyl (C=O) groups excluding carboxylic acids is 1. The molecule has 0 aliphatic rings. The van der Waals surface area contributed by atoms with Crippen LogP contribution in [0.1, 0.15) is 22.3 Å². The molecule has 2 aromatic heterocycles. The Balaban J connectivity index is 1.61. The normalized spacial score (nSPS) is 12.2. The number of carboxylic acids is 1. The van der Waals surface area contributed by atoms with Crippen molar-refractivity contribution in [2.24, 2.45) is 0 Å². The maximum Gasteiger partial charge on any atom is 0.340 e. The van der Waals surface area contributed by atoms with Gasteiger partial charge < -0.3 is 19.3 Å². The van der Waals surface area contributed by atoms with E-state index < -0.39 is 23.5 Å². The molecule has 1 amide bonds. The molecule has 0 spiro atoms. The first kappa shape index (κ1) is 20.4. The average Bonchev–Trinajstić information content (AvgIpc) is 3.10. The van der Waals surface area contributed by atoms with E-state index in [-0.39, 0.29) is 18.4 Å².